The predicted octanol–water partition coefficient (Wildman–Crippen LogP) is 7.80. The molecular formula is C24H35Cl2N3S. The van der Waals surface area contributed by atoms with E-state index in [1.807, 2.05) is 39.8 Å². The van der Waals surface area contributed by atoms with Crippen molar-refractivity contribution in [3.05, 3.63) is 39.6 Å². The molecule has 3 nitrogen and oxygen atoms in total. The van der Waals surface area contributed by atoms with Gasteiger partial charge in [0.15, 0.2) is 0 Å². The molecule has 0 unspecified atom stereocenters. The van der Waals surface area contributed by atoms with Gasteiger partial charge in [-0.05, 0) is 57.3 Å². The van der Waals surface area contributed by atoms with Crippen LogP contribution in [0.25, 0.3) is 11.3 Å². The zero-order valence-corrected chi connectivity index (χ0v) is 21.3. The Hall–Kier alpha value is -0.970. The molecule has 1 aromatic carbocycles. The number of thiol groups is 1. The number of hydrogen-bond donors (Lipinski definition) is 1. The van der Waals surface area contributed by atoms with Gasteiger partial charge in [0.25, 0.3) is 0 Å². The van der Waals surface area contributed by atoms with Gasteiger partial charge in [0, 0.05) is 18.7 Å². The third-order valence-corrected chi connectivity index (χ3v) is 7.03. The highest BCUT2D eigenvalue weighted by atomic mass is 35.5. The molecule has 6 heteroatoms. The fraction of sp³-hybridized carbons (Fsp3) is 0.583. The fourth-order valence-electron chi connectivity index (χ4n) is 4.65. The van der Waals surface area contributed by atoms with Crippen LogP contribution in [0.15, 0.2) is 18.2 Å². The van der Waals surface area contributed by atoms with E-state index in [2.05, 4.69) is 17.5 Å². The predicted molar refractivity (Wildman–Crippen MR) is 136 cm³/mol. The SMILES string of the molecule is CC.CS.Cc1nc(N2CCC3(CCCC3)CC2)c(C)nc1-c1cccc(Cl)c1Cl. The maximum Gasteiger partial charge on any atom is 0.150 e. The second-order valence-corrected chi connectivity index (χ2v) is 8.65. The highest BCUT2D eigenvalue weighted by Crippen LogP contribution is 2.46. The number of halogens is 2. The summed E-state index contributed by atoms with van der Waals surface area (Å²) >= 11 is 16.1. The zero-order valence-electron chi connectivity index (χ0n) is 18.9. The van der Waals surface area contributed by atoms with Crippen molar-refractivity contribution in [2.45, 2.75) is 66.2 Å². The Morgan fingerprint density at radius 1 is 0.900 bits per heavy atom. The molecule has 2 heterocycles. The van der Waals surface area contributed by atoms with Gasteiger partial charge < -0.3 is 4.90 Å². The van der Waals surface area contributed by atoms with Crippen molar-refractivity contribution in [1.82, 2.24) is 9.97 Å². The van der Waals surface area contributed by atoms with Crippen molar-refractivity contribution in [1.29, 1.82) is 0 Å². The Morgan fingerprint density at radius 2 is 1.50 bits per heavy atom. The molecule has 0 amide bonds. The van der Waals surface area contributed by atoms with Gasteiger partial charge >= 0.3 is 0 Å². The molecule has 0 bridgehead atoms. The largest absolute Gasteiger partial charge is 0.355 e. The van der Waals surface area contributed by atoms with E-state index in [4.69, 9.17) is 33.2 Å². The van der Waals surface area contributed by atoms with Gasteiger partial charge in [-0.15, -0.1) is 0 Å². The average molecular weight is 469 g/mol. The van der Waals surface area contributed by atoms with E-state index in [-0.39, 0.29) is 0 Å². The van der Waals surface area contributed by atoms with Crippen molar-refractivity contribution in [3.8, 4) is 11.3 Å². The zero-order chi connectivity index (χ0) is 22.3. The molecule has 1 spiro atoms. The van der Waals surface area contributed by atoms with Gasteiger partial charge in [0.2, 0.25) is 0 Å². The summed E-state index contributed by atoms with van der Waals surface area (Å²) in [5.41, 5.74) is 4.14. The molecular weight excluding hydrogens is 433 g/mol. The van der Waals surface area contributed by atoms with Crippen molar-refractivity contribution in [2.75, 3.05) is 24.2 Å². The number of nitrogens with zero attached hydrogens (tertiary/aromatic N) is 3. The number of anilines is 1. The number of hydrogen-bond acceptors (Lipinski definition) is 4. The van der Waals surface area contributed by atoms with Crippen LogP contribution in [0.4, 0.5) is 5.82 Å². The van der Waals surface area contributed by atoms with Crippen LogP contribution in [-0.4, -0.2) is 29.3 Å². The minimum Gasteiger partial charge on any atom is -0.355 e. The van der Waals surface area contributed by atoms with Crippen molar-refractivity contribution < 1.29 is 0 Å². The summed E-state index contributed by atoms with van der Waals surface area (Å²) in [5, 5.41) is 1.09. The number of piperidine rings is 1. The normalized spacial score (nSPS) is 17.1. The summed E-state index contributed by atoms with van der Waals surface area (Å²) in [6, 6.07) is 5.65. The van der Waals surface area contributed by atoms with E-state index >= 15 is 0 Å². The van der Waals surface area contributed by atoms with Gasteiger partial charge in [-0.2, -0.15) is 12.6 Å². The van der Waals surface area contributed by atoms with Crippen LogP contribution in [0.2, 0.25) is 10.0 Å². The average Bonchev–Trinajstić information content (AvgIpc) is 3.23. The topological polar surface area (TPSA) is 29.0 Å². The Labute approximate surface area is 198 Å². The summed E-state index contributed by atoms with van der Waals surface area (Å²) in [4.78, 5) is 12.2. The Balaban J connectivity index is 0.000000757. The Kier molecular flexibility index (Phi) is 9.77. The molecule has 2 fully saturated rings. The second-order valence-electron chi connectivity index (χ2n) is 7.86. The molecule has 1 saturated carbocycles. The first-order chi connectivity index (χ1) is 14.5. The van der Waals surface area contributed by atoms with E-state index in [1.54, 1.807) is 12.3 Å². The summed E-state index contributed by atoms with van der Waals surface area (Å²) in [6.45, 7) is 10.2. The molecule has 4 rings (SSSR count). The van der Waals surface area contributed by atoms with Crippen LogP contribution in [-0.2, 0) is 0 Å². The maximum absolute atomic E-state index is 6.40. The van der Waals surface area contributed by atoms with Gasteiger partial charge in [0.1, 0.15) is 5.82 Å². The van der Waals surface area contributed by atoms with Crippen LogP contribution in [0.5, 0.6) is 0 Å². The first-order valence-corrected chi connectivity index (χ1v) is 12.6. The first kappa shape index (κ1) is 25.3. The summed E-state index contributed by atoms with van der Waals surface area (Å²) in [6.07, 6.45) is 9.91. The Bertz CT molecular complexity index is 825. The van der Waals surface area contributed by atoms with Crippen molar-refractivity contribution in [3.63, 3.8) is 0 Å². The molecule has 0 atom stereocenters. The second kappa shape index (κ2) is 11.6. The lowest BCUT2D eigenvalue weighted by Crippen LogP contribution is -2.39. The lowest BCUT2D eigenvalue weighted by molar-refractivity contribution is 0.226. The number of aryl methyl sites for hydroxylation is 2. The highest BCUT2D eigenvalue weighted by molar-refractivity contribution is 7.79. The summed E-state index contributed by atoms with van der Waals surface area (Å²) in [7, 11) is 0. The molecule has 1 saturated heterocycles. The minimum atomic E-state index is 0.542. The lowest BCUT2D eigenvalue weighted by atomic mass is 9.77. The molecule has 2 aliphatic rings. The van der Waals surface area contributed by atoms with E-state index in [9.17, 15) is 0 Å². The van der Waals surface area contributed by atoms with Gasteiger partial charge in [0.05, 0.1) is 27.1 Å². The molecule has 166 valence electrons. The molecule has 1 aliphatic carbocycles. The van der Waals surface area contributed by atoms with Gasteiger partial charge in [-0.1, -0.05) is 62.0 Å². The summed E-state index contributed by atoms with van der Waals surface area (Å²) < 4.78 is 0. The highest BCUT2D eigenvalue weighted by Gasteiger charge is 2.37. The first-order valence-electron chi connectivity index (χ1n) is 11.0. The van der Waals surface area contributed by atoms with Crippen LogP contribution in [0, 0.1) is 19.3 Å². The standard InChI is InChI=1S/C21H25Cl2N3.C2H6.CH4S/c1-14-19(16-6-5-7-17(22)18(16)23)24-15(2)20(25-14)26-12-10-21(11-13-26)8-3-4-9-21;2*1-2/h5-7H,3-4,8-13H2,1-2H3;1-2H3;2H,1H3. The minimum absolute atomic E-state index is 0.542. The monoisotopic (exact) mass is 467 g/mol. The van der Waals surface area contributed by atoms with Crippen LogP contribution in [0.1, 0.15) is 63.8 Å². The fourth-order valence-corrected chi connectivity index (χ4v) is 5.04. The maximum atomic E-state index is 6.40. The van der Waals surface area contributed by atoms with E-state index in [0.29, 0.717) is 15.5 Å². The molecule has 1 aromatic heterocycles. The van der Waals surface area contributed by atoms with Gasteiger partial charge in [-0.3, -0.25) is 0 Å². The molecule has 0 radical (unpaired) electrons. The third-order valence-electron chi connectivity index (χ3n) is 6.21. The van der Waals surface area contributed by atoms with Gasteiger partial charge in [-0.25, -0.2) is 9.97 Å². The van der Waals surface area contributed by atoms with Crippen LogP contribution < -0.4 is 4.90 Å². The molecule has 2 aromatic rings. The number of aromatic nitrogens is 2. The smallest absolute Gasteiger partial charge is 0.150 e. The van der Waals surface area contributed by atoms with Crippen LogP contribution >= 0.6 is 35.8 Å². The third kappa shape index (κ3) is 5.44. The molecule has 1 aliphatic heterocycles. The van der Waals surface area contributed by atoms with E-state index in [0.717, 1.165) is 41.6 Å². The van der Waals surface area contributed by atoms with E-state index in [1.165, 1.54) is 38.5 Å². The van der Waals surface area contributed by atoms with E-state index < -0.39 is 0 Å². The lowest BCUT2D eigenvalue weighted by Gasteiger charge is -2.40. The molecule has 30 heavy (non-hydrogen) atoms. The van der Waals surface area contributed by atoms with Crippen molar-refractivity contribution >= 4 is 41.6 Å². The Morgan fingerprint density at radius 3 is 2.10 bits per heavy atom. The quantitative estimate of drug-likeness (QED) is 0.456. The number of rotatable bonds is 2. The number of benzene rings is 1. The molecule has 0 N–H and O–H groups in total. The van der Waals surface area contributed by atoms with Crippen LogP contribution in [0.3, 0.4) is 0 Å². The summed E-state index contributed by atoms with van der Waals surface area (Å²) in [5.74, 6) is 1.03. The van der Waals surface area contributed by atoms with Crippen molar-refractivity contribution in [2.24, 2.45) is 5.41 Å².